The molecule has 2 aliphatic heterocycles. The summed E-state index contributed by atoms with van der Waals surface area (Å²) >= 11 is 6.69. The smallest absolute Gasteiger partial charge is 0.410 e. The van der Waals surface area contributed by atoms with Crippen molar-refractivity contribution in [2.75, 3.05) is 128 Å². The van der Waals surface area contributed by atoms with Crippen LogP contribution in [0.1, 0.15) is 175 Å². The molecule has 3 N–H and O–H groups in total. The van der Waals surface area contributed by atoms with E-state index in [1.807, 2.05) is 202 Å². The second kappa shape index (κ2) is 42.7. The highest BCUT2D eigenvalue weighted by Crippen LogP contribution is 2.31. The van der Waals surface area contributed by atoms with Gasteiger partial charge in [0, 0.05) is 184 Å². The number of carbonyl (C=O) groups excluding carboxylic acids is 5. The Labute approximate surface area is 725 Å². The normalized spacial score (nSPS) is 13.4. The first-order valence-corrected chi connectivity index (χ1v) is 42.0. The van der Waals surface area contributed by atoms with Crippen molar-refractivity contribution in [2.45, 2.75) is 151 Å². The van der Waals surface area contributed by atoms with E-state index in [2.05, 4.69) is 83.4 Å². The molecule has 0 saturated carbocycles. The molecule has 5 aromatic heterocycles. The number of hydrogen-bond donors (Lipinski definition) is 3. The largest absolute Gasteiger partial charge is 0.478 e. The summed E-state index contributed by atoms with van der Waals surface area (Å²) in [7, 11) is 6.03. The Balaban J connectivity index is 0.000000194. The maximum atomic E-state index is 12.7. The Hall–Kier alpha value is -10.7. The Morgan fingerprint density at radius 3 is 0.868 bits per heavy atom. The molecule has 0 unspecified atom stereocenters. The monoisotopic (exact) mass is 1790 g/mol. The molecule has 0 spiro atoms. The van der Waals surface area contributed by atoms with Crippen molar-refractivity contribution >= 4 is 145 Å². The summed E-state index contributed by atoms with van der Waals surface area (Å²) in [5.74, 6) is -2.89. The predicted molar refractivity (Wildman–Crippen MR) is 483 cm³/mol. The number of aliphatic hydroxyl groups is 1. The average molecular weight is 1790 g/mol. The number of pyridine rings is 5. The Bertz CT molecular complexity index is 5260. The van der Waals surface area contributed by atoms with E-state index >= 15 is 0 Å². The third-order valence-corrected chi connectivity index (χ3v) is 19.8. The molecule has 121 heavy (non-hydrogen) atoms. The summed E-state index contributed by atoms with van der Waals surface area (Å²) in [6.07, 6.45) is 10.1. The molecule has 2 amide bonds. The number of amides is 2. The molecule has 2 aliphatic rings. The molecule has 648 valence electrons. The summed E-state index contributed by atoms with van der Waals surface area (Å²) in [5, 5.41) is 31.0. The van der Waals surface area contributed by atoms with Gasteiger partial charge in [-0.15, -0.1) is 0 Å². The number of esters is 3. The van der Waals surface area contributed by atoms with Crippen LogP contribution in [0.25, 0.3) is 54.5 Å². The third kappa shape index (κ3) is 29.8. The molecule has 7 heterocycles. The fourth-order valence-corrected chi connectivity index (χ4v) is 13.7. The molecule has 0 atom stereocenters. The van der Waals surface area contributed by atoms with E-state index in [1.54, 1.807) is 58.7 Å². The van der Waals surface area contributed by atoms with Gasteiger partial charge in [0.25, 0.3) is 0 Å². The second-order valence-corrected chi connectivity index (χ2v) is 36.3. The summed E-state index contributed by atoms with van der Waals surface area (Å²) < 4.78 is 29.2. The van der Waals surface area contributed by atoms with Crippen LogP contribution < -0.4 is 14.7 Å². The first-order chi connectivity index (χ1) is 56.8. The SMILES string of the molecule is CC(C)(C)OC(=O)c1ccnc2ccc(Br)cc12.CN(CCCN1CCN(C(=O)OC(C)(C)C)CC1)c1ccc2nccc(C(=O)O)c2c1.CN(CCCN1CCN(C(=O)OC(C)(C)C)CC1)c1ccc2nccc(C(=O)OC(C)(C)C)c2c1.CN(CCCO)c1ccc2nccc(C(=O)OC(C)(C)C)c2c1.O=C(O)c1ccnc2ccc(Br)cc12. The molecule has 10 aromatic rings. The maximum Gasteiger partial charge on any atom is 0.410 e. The number of ether oxygens (including phenoxy) is 5. The lowest BCUT2D eigenvalue weighted by Gasteiger charge is -2.35. The third-order valence-electron chi connectivity index (χ3n) is 18.9. The maximum absolute atomic E-state index is 12.7. The van der Waals surface area contributed by atoms with Crippen LogP contribution in [0.3, 0.4) is 0 Å². The van der Waals surface area contributed by atoms with Gasteiger partial charge in [0.1, 0.15) is 28.0 Å². The highest BCUT2D eigenvalue weighted by Gasteiger charge is 2.30. The van der Waals surface area contributed by atoms with E-state index in [-0.39, 0.29) is 47.8 Å². The van der Waals surface area contributed by atoms with Gasteiger partial charge in [-0.2, -0.15) is 0 Å². The molecule has 12 rings (SSSR count). The fraction of sp³-hybridized carbons (Fsp3) is 0.435. The zero-order chi connectivity index (χ0) is 88.9. The number of fused-ring (bicyclic) bond motifs is 5. The summed E-state index contributed by atoms with van der Waals surface area (Å²) in [4.78, 5) is 120. The molecular formula is C92H116Br2N12O15. The lowest BCUT2D eigenvalue weighted by atomic mass is 10.1. The number of halogens is 2. The molecule has 5 aromatic carbocycles. The molecule has 2 saturated heterocycles. The number of piperazine rings is 2. The minimum absolute atomic E-state index is 0.155. The quantitative estimate of drug-likeness (QED) is 0.0500. The van der Waals surface area contributed by atoms with Gasteiger partial charge in [-0.3, -0.25) is 34.7 Å². The van der Waals surface area contributed by atoms with E-state index in [4.69, 9.17) is 33.9 Å². The number of hydrogen-bond acceptors (Lipinski definition) is 23. The first kappa shape index (κ1) is 95.7. The van der Waals surface area contributed by atoms with Crippen molar-refractivity contribution in [3.8, 4) is 0 Å². The molecule has 0 radical (unpaired) electrons. The molecule has 0 bridgehead atoms. The Kier molecular flexibility index (Phi) is 33.8. The van der Waals surface area contributed by atoms with Crippen LogP contribution >= 0.6 is 31.9 Å². The summed E-state index contributed by atoms with van der Waals surface area (Å²) in [6.45, 7) is 38.7. The number of carbonyl (C=O) groups is 7. The van der Waals surface area contributed by atoms with Crippen LogP contribution in [0.15, 0.2) is 161 Å². The van der Waals surface area contributed by atoms with Gasteiger partial charge in [-0.1, -0.05) is 31.9 Å². The topological polar surface area (TPSA) is 313 Å². The first-order valence-electron chi connectivity index (χ1n) is 40.4. The van der Waals surface area contributed by atoms with E-state index < -0.39 is 39.9 Å². The molecule has 2 fully saturated rings. The lowest BCUT2D eigenvalue weighted by Crippen LogP contribution is -2.50. The van der Waals surface area contributed by atoms with Crippen molar-refractivity contribution in [2.24, 2.45) is 0 Å². The number of anilines is 3. The van der Waals surface area contributed by atoms with Crippen LogP contribution in [-0.2, 0) is 23.7 Å². The van der Waals surface area contributed by atoms with Gasteiger partial charge in [-0.05, 0) is 258 Å². The fourth-order valence-electron chi connectivity index (χ4n) is 13.0. The van der Waals surface area contributed by atoms with Crippen molar-refractivity contribution in [1.29, 1.82) is 0 Å². The predicted octanol–water partition coefficient (Wildman–Crippen LogP) is 17.5. The summed E-state index contributed by atoms with van der Waals surface area (Å²) in [5.41, 5.74) is 6.25. The number of rotatable bonds is 19. The van der Waals surface area contributed by atoms with Gasteiger partial charge in [0.05, 0.1) is 55.4 Å². The minimum atomic E-state index is -0.947. The molecule has 27 nitrogen and oxygen atoms in total. The number of carboxylic acids is 2. The molecular weight excluding hydrogens is 1670 g/mol. The number of carboxylic acid groups (broad SMARTS) is 2. The van der Waals surface area contributed by atoms with Gasteiger partial charge in [-0.25, -0.2) is 33.6 Å². The number of aliphatic hydroxyl groups excluding tert-OH is 1. The van der Waals surface area contributed by atoms with E-state index in [0.717, 1.165) is 130 Å². The van der Waals surface area contributed by atoms with Gasteiger partial charge >= 0.3 is 42.0 Å². The number of nitrogens with zero attached hydrogens (tertiary/aromatic N) is 12. The van der Waals surface area contributed by atoms with E-state index in [1.165, 1.54) is 24.5 Å². The van der Waals surface area contributed by atoms with Gasteiger partial charge < -0.3 is 63.5 Å². The standard InChI is InChI=1S/C27H40N4O4.C23H32N4O4.C18H24N2O3.C14H14BrNO2.C10H6BrNO2/c1-26(2,3)34-24(32)21-11-12-28-23-10-9-20(19-22(21)23)29(7)13-8-14-30-15-17-31(18-16-30)25(33)35-27(4,5)6;1-23(2,3)31-22(30)27-14-12-26(13-15-27)11-5-10-25(4)17-6-7-20-19(16-17)18(21(28)29)8-9-24-20;1-18(2,3)23-17(22)14-8-9-19-16-7-6-13(12-15(14)16)20(4)10-5-11-21;1-14(2,3)18-13(17)10-6-7-16-12-5-4-9(15)8-11(10)12;11-6-1-2-9-8(5-6)7(10(13)14)3-4-12-9/h9-12,19H,8,13-18H2,1-7H3;6-9,16H,5,10-15H2,1-4H3,(H,28,29);6-9,12,21H,5,10-11H2,1-4H3;4-8H,1-3H3;1-5H,(H,13,14). The van der Waals surface area contributed by atoms with Crippen LogP contribution in [0.2, 0.25) is 0 Å². The minimum Gasteiger partial charge on any atom is -0.478 e. The van der Waals surface area contributed by atoms with Crippen molar-refractivity contribution in [3.63, 3.8) is 0 Å². The van der Waals surface area contributed by atoms with Crippen LogP contribution in [-0.4, -0.2) is 243 Å². The zero-order valence-electron chi connectivity index (χ0n) is 72.8. The highest BCUT2D eigenvalue weighted by molar-refractivity contribution is 9.10. The van der Waals surface area contributed by atoms with Crippen LogP contribution in [0.5, 0.6) is 0 Å². The van der Waals surface area contributed by atoms with Crippen molar-refractivity contribution in [1.82, 2.24) is 44.5 Å². The number of aromatic nitrogens is 5. The Morgan fingerprint density at radius 1 is 0.347 bits per heavy atom. The number of aromatic carboxylic acids is 2. The average Bonchev–Trinajstić information content (AvgIpc) is 0.782. The van der Waals surface area contributed by atoms with Crippen LogP contribution in [0, 0.1) is 0 Å². The van der Waals surface area contributed by atoms with Crippen molar-refractivity contribution < 1.29 is 72.6 Å². The molecule has 0 aliphatic carbocycles. The zero-order valence-corrected chi connectivity index (χ0v) is 76.0. The Morgan fingerprint density at radius 2 is 0.595 bits per heavy atom. The number of benzene rings is 5. The van der Waals surface area contributed by atoms with E-state index in [9.17, 15) is 38.7 Å². The summed E-state index contributed by atoms with van der Waals surface area (Å²) in [6, 6.07) is 36.7. The van der Waals surface area contributed by atoms with E-state index in [0.29, 0.717) is 71.1 Å². The van der Waals surface area contributed by atoms with Crippen LogP contribution in [0.4, 0.5) is 26.7 Å². The van der Waals surface area contributed by atoms with Crippen molar-refractivity contribution in [3.05, 3.63) is 189 Å². The van der Waals surface area contributed by atoms with Gasteiger partial charge in [0.15, 0.2) is 0 Å². The highest BCUT2D eigenvalue weighted by atomic mass is 79.9. The van der Waals surface area contributed by atoms with Gasteiger partial charge in [0.2, 0.25) is 0 Å². The second-order valence-electron chi connectivity index (χ2n) is 34.5. The lowest BCUT2D eigenvalue weighted by molar-refractivity contribution is 0.00591. The molecule has 29 heteroatoms.